The third kappa shape index (κ3) is 2.76. The van der Waals surface area contributed by atoms with Crippen molar-refractivity contribution >= 4 is 34.9 Å². The normalized spacial score (nSPS) is 14.0. The number of anilines is 2. The van der Waals surface area contributed by atoms with Crippen molar-refractivity contribution in [3.05, 3.63) is 59.2 Å². The lowest BCUT2D eigenvalue weighted by atomic mass is 9.97. The summed E-state index contributed by atoms with van der Waals surface area (Å²) < 4.78 is 0. The highest BCUT2D eigenvalue weighted by molar-refractivity contribution is 6.24. The highest BCUT2D eigenvalue weighted by Gasteiger charge is 2.33. The van der Waals surface area contributed by atoms with Crippen molar-refractivity contribution in [1.82, 2.24) is 0 Å². The van der Waals surface area contributed by atoms with Gasteiger partial charge in [-0.1, -0.05) is 18.2 Å². The highest BCUT2D eigenvalue weighted by atomic mass is 16.4. The summed E-state index contributed by atoms with van der Waals surface area (Å²) in [5.41, 5.74) is 5.79. The van der Waals surface area contributed by atoms with Gasteiger partial charge in [-0.15, -0.1) is 0 Å². The zero-order valence-electron chi connectivity index (χ0n) is 13.1. The molecule has 1 saturated heterocycles. The van der Waals surface area contributed by atoms with Crippen LogP contribution in [0.5, 0.6) is 0 Å². The van der Waals surface area contributed by atoms with Crippen molar-refractivity contribution in [3.63, 3.8) is 0 Å². The average molecular weight is 338 g/mol. The van der Waals surface area contributed by atoms with Gasteiger partial charge >= 0.3 is 5.97 Å². The Bertz CT molecular complexity index is 903. The van der Waals surface area contributed by atoms with Crippen LogP contribution in [0.1, 0.15) is 39.1 Å². The number of carbonyl (C=O) groups excluding carboxylic acids is 3. The van der Waals surface area contributed by atoms with E-state index in [0.717, 1.165) is 4.90 Å². The molecule has 7 heteroatoms. The van der Waals surface area contributed by atoms with Gasteiger partial charge < -0.3 is 10.8 Å². The number of nitrogen functional groups attached to an aromatic ring is 1. The fraction of sp³-hybridized carbons (Fsp3) is 0.111. The van der Waals surface area contributed by atoms with Gasteiger partial charge in [-0.25, -0.2) is 9.69 Å². The van der Waals surface area contributed by atoms with E-state index >= 15 is 0 Å². The number of nitrogens with zero attached hydrogens (tertiary/aromatic N) is 1. The van der Waals surface area contributed by atoms with E-state index in [2.05, 4.69) is 0 Å². The van der Waals surface area contributed by atoms with E-state index in [-0.39, 0.29) is 52.7 Å². The van der Waals surface area contributed by atoms with E-state index < -0.39 is 11.8 Å². The molecule has 25 heavy (non-hydrogen) atoms. The number of aromatic carboxylic acids is 1. The van der Waals surface area contributed by atoms with Gasteiger partial charge in [0, 0.05) is 24.0 Å². The molecule has 0 radical (unpaired) electrons. The maximum absolute atomic E-state index is 12.9. The monoisotopic (exact) mass is 338 g/mol. The second-order valence-corrected chi connectivity index (χ2v) is 5.54. The number of carbonyl (C=O) groups is 4. The van der Waals surface area contributed by atoms with Crippen LogP contribution in [0.3, 0.4) is 0 Å². The number of carboxylic acids is 1. The SMILES string of the molecule is Nc1c(C(=O)O)cccc1C(=O)c1ccccc1N1C(=O)CCC1=O. The molecule has 2 aromatic rings. The molecule has 1 aliphatic rings. The number of hydrogen-bond acceptors (Lipinski definition) is 5. The summed E-state index contributed by atoms with van der Waals surface area (Å²) in [4.78, 5) is 49.1. The molecule has 0 spiro atoms. The molecule has 0 aliphatic carbocycles. The molecule has 3 rings (SSSR count). The van der Waals surface area contributed by atoms with Crippen LogP contribution in [0.2, 0.25) is 0 Å². The number of rotatable bonds is 4. The second kappa shape index (κ2) is 6.20. The highest BCUT2D eigenvalue weighted by Crippen LogP contribution is 2.30. The van der Waals surface area contributed by atoms with Crippen LogP contribution in [0, 0.1) is 0 Å². The van der Waals surface area contributed by atoms with Crippen LogP contribution in [0.15, 0.2) is 42.5 Å². The van der Waals surface area contributed by atoms with Gasteiger partial charge in [-0.05, 0) is 24.3 Å². The molecular weight excluding hydrogens is 324 g/mol. The minimum absolute atomic E-state index is 0.00597. The first-order chi connectivity index (χ1) is 11.9. The predicted molar refractivity (Wildman–Crippen MR) is 89.4 cm³/mol. The van der Waals surface area contributed by atoms with Gasteiger partial charge in [0.2, 0.25) is 11.8 Å². The first-order valence-electron chi connectivity index (χ1n) is 7.53. The molecule has 1 heterocycles. The third-order valence-electron chi connectivity index (χ3n) is 4.02. The minimum atomic E-state index is -1.25. The molecule has 126 valence electrons. The topological polar surface area (TPSA) is 118 Å². The molecule has 1 fully saturated rings. The first kappa shape index (κ1) is 16.4. The van der Waals surface area contributed by atoms with Gasteiger partial charge in [0.25, 0.3) is 0 Å². The van der Waals surface area contributed by atoms with Crippen molar-refractivity contribution in [2.45, 2.75) is 12.8 Å². The number of benzene rings is 2. The zero-order chi connectivity index (χ0) is 18.1. The molecule has 0 aromatic heterocycles. The van der Waals surface area contributed by atoms with Crippen LogP contribution in [-0.4, -0.2) is 28.7 Å². The maximum Gasteiger partial charge on any atom is 0.337 e. The van der Waals surface area contributed by atoms with Gasteiger partial charge in [0.15, 0.2) is 5.78 Å². The lowest BCUT2D eigenvalue weighted by Gasteiger charge is -2.18. The standard InChI is InChI=1S/C18H14N2O5/c19-16-11(5-3-6-12(16)18(24)25)17(23)10-4-1-2-7-13(10)20-14(21)8-9-15(20)22/h1-7H,8-9,19H2,(H,24,25). The Morgan fingerprint density at radius 3 is 2.08 bits per heavy atom. The number of amides is 2. The number of nitrogens with two attached hydrogens (primary N) is 1. The van der Waals surface area contributed by atoms with E-state index in [9.17, 15) is 19.2 Å². The number of ketones is 1. The van der Waals surface area contributed by atoms with Crippen molar-refractivity contribution in [2.75, 3.05) is 10.6 Å². The Hall–Kier alpha value is -3.48. The van der Waals surface area contributed by atoms with Gasteiger partial charge in [-0.2, -0.15) is 0 Å². The smallest absolute Gasteiger partial charge is 0.337 e. The van der Waals surface area contributed by atoms with E-state index in [1.807, 2.05) is 0 Å². The molecule has 0 bridgehead atoms. The number of carboxylic acid groups (broad SMARTS) is 1. The van der Waals surface area contributed by atoms with Crippen molar-refractivity contribution in [2.24, 2.45) is 0 Å². The Balaban J connectivity index is 2.11. The maximum atomic E-state index is 12.9. The summed E-state index contributed by atoms with van der Waals surface area (Å²) in [7, 11) is 0. The Morgan fingerprint density at radius 1 is 0.880 bits per heavy atom. The molecule has 2 amide bonds. The van der Waals surface area contributed by atoms with E-state index in [0.29, 0.717) is 0 Å². The van der Waals surface area contributed by atoms with Crippen LogP contribution in [-0.2, 0) is 9.59 Å². The largest absolute Gasteiger partial charge is 0.478 e. The van der Waals surface area contributed by atoms with Gasteiger partial charge in [0.05, 0.1) is 16.9 Å². The molecular formula is C18H14N2O5. The summed E-state index contributed by atoms with van der Waals surface area (Å²) in [6.45, 7) is 0. The molecule has 3 N–H and O–H groups in total. The fourth-order valence-electron chi connectivity index (χ4n) is 2.80. The fourth-order valence-corrected chi connectivity index (χ4v) is 2.80. The van der Waals surface area contributed by atoms with Crippen molar-refractivity contribution < 1.29 is 24.3 Å². The summed E-state index contributed by atoms with van der Waals surface area (Å²) in [5, 5.41) is 9.15. The molecule has 1 aliphatic heterocycles. The molecule has 0 unspecified atom stereocenters. The quantitative estimate of drug-likeness (QED) is 0.499. The predicted octanol–water partition coefficient (Wildman–Crippen LogP) is 1.85. The lowest BCUT2D eigenvalue weighted by Crippen LogP contribution is -2.30. The first-order valence-corrected chi connectivity index (χ1v) is 7.53. The van der Waals surface area contributed by atoms with Crippen molar-refractivity contribution in [3.8, 4) is 0 Å². The summed E-state index contributed by atoms with van der Waals surface area (Å²) in [6.07, 6.45) is 0.190. The van der Waals surface area contributed by atoms with Crippen LogP contribution in [0.4, 0.5) is 11.4 Å². The molecule has 0 saturated carbocycles. The van der Waals surface area contributed by atoms with Gasteiger partial charge in [0.1, 0.15) is 0 Å². The molecule has 0 atom stereocenters. The number of imide groups is 1. The van der Waals surface area contributed by atoms with E-state index in [4.69, 9.17) is 10.8 Å². The average Bonchev–Trinajstić information content (AvgIpc) is 2.93. The van der Waals surface area contributed by atoms with E-state index in [1.165, 1.54) is 30.3 Å². The summed E-state index contributed by atoms with van der Waals surface area (Å²) in [5.74, 6) is -2.55. The van der Waals surface area contributed by atoms with Crippen LogP contribution in [0.25, 0.3) is 0 Å². The Labute approximate surface area is 142 Å². The van der Waals surface area contributed by atoms with Crippen LogP contribution < -0.4 is 10.6 Å². The molecule has 7 nitrogen and oxygen atoms in total. The summed E-state index contributed by atoms with van der Waals surface area (Å²) in [6, 6.07) is 10.3. The second-order valence-electron chi connectivity index (χ2n) is 5.54. The number of para-hydroxylation sites is 2. The summed E-state index contributed by atoms with van der Waals surface area (Å²) >= 11 is 0. The van der Waals surface area contributed by atoms with Crippen LogP contribution >= 0.6 is 0 Å². The van der Waals surface area contributed by atoms with Crippen molar-refractivity contribution in [1.29, 1.82) is 0 Å². The number of hydrogen-bond donors (Lipinski definition) is 2. The molecule has 2 aromatic carbocycles. The van der Waals surface area contributed by atoms with Gasteiger partial charge in [-0.3, -0.25) is 14.4 Å². The zero-order valence-corrected chi connectivity index (χ0v) is 13.1. The Morgan fingerprint density at radius 2 is 1.44 bits per heavy atom. The van der Waals surface area contributed by atoms with E-state index in [1.54, 1.807) is 12.1 Å². The Kier molecular flexibility index (Phi) is 4.06. The lowest BCUT2D eigenvalue weighted by molar-refractivity contribution is -0.121. The minimum Gasteiger partial charge on any atom is -0.478 e. The third-order valence-corrected chi connectivity index (χ3v) is 4.02.